The maximum atomic E-state index is 14.1. The van der Waals surface area contributed by atoms with E-state index in [2.05, 4.69) is 4.98 Å². The number of ether oxygens (including phenoxy) is 2. The van der Waals surface area contributed by atoms with Gasteiger partial charge in [0.15, 0.2) is 11.7 Å². The van der Waals surface area contributed by atoms with Gasteiger partial charge in [-0.1, -0.05) is 12.1 Å². The van der Waals surface area contributed by atoms with Gasteiger partial charge >= 0.3 is 5.97 Å². The van der Waals surface area contributed by atoms with Crippen LogP contribution in [0.3, 0.4) is 0 Å². The molecule has 0 radical (unpaired) electrons. The second kappa shape index (κ2) is 9.81. The van der Waals surface area contributed by atoms with Crippen LogP contribution in [0.15, 0.2) is 53.9 Å². The lowest BCUT2D eigenvalue weighted by molar-refractivity contribution is -0.120. The molecule has 0 saturated carbocycles. The van der Waals surface area contributed by atoms with Crippen LogP contribution in [-0.4, -0.2) is 29.4 Å². The molecular formula is C21H18FN3O5S. The Morgan fingerprint density at radius 1 is 1.13 bits per heavy atom. The summed E-state index contributed by atoms with van der Waals surface area (Å²) in [4.78, 5) is 40.5. The molecule has 8 nitrogen and oxygen atoms in total. The van der Waals surface area contributed by atoms with E-state index in [4.69, 9.17) is 15.2 Å². The lowest BCUT2D eigenvalue weighted by Crippen LogP contribution is -2.23. The minimum atomic E-state index is -0.607. The third-order valence-corrected chi connectivity index (χ3v) is 4.84. The molecule has 2 amide bonds. The fourth-order valence-corrected chi connectivity index (χ4v) is 3.43. The third-order valence-electron chi connectivity index (χ3n) is 3.96. The van der Waals surface area contributed by atoms with Gasteiger partial charge in [-0.15, -0.1) is 11.3 Å². The molecule has 0 aliphatic carbocycles. The van der Waals surface area contributed by atoms with Crippen molar-refractivity contribution in [1.29, 1.82) is 0 Å². The third kappa shape index (κ3) is 5.64. The number of halogens is 1. The monoisotopic (exact) mass is 443 g/mol. The number of thiazole rings is 1. The van der Waals surface area contributed by atoms with E-state index in [1.54, 1.807) is 11.4 Å². The Bertz CT molecular complexity index is 1100. The highest BCUT2D eigenvalue weighted by molar-refractivity contribution is 7.14. The van der Waals surface area contributed by atoms with Gasteiger partial charge in [0.2, 0.25) is 5.91 Å². The Balaban J connectivity index is 1.64. The van der Waals surface area contributed by atoms with Gasteiger partial charge in [0.1, 0.15) is 18.2 Å². The number of nitrogens with zero attached hydrogens (tertiary/aromatic N) is 2. The zero-order chi connectivity index (χ0) is 22.4. The molecule has 0 aliphatic rings. The molecule has 31 heavy (non-hydrogen) atoms. The van der Waals surface area contributed by atoms with E-state index >= 15 is 0 Å². The molecule has 0 spiro atoms. The number of amides is 2. The zero-order valence-corrected chi connectivity index (χ0v) is 17.2. The first-order valence-electron chi connectivity index (χ1n) is 9.03. The number of para-hydroxylation sites is 1. The average molecular weight is 443 g/mol. The molecule has 160 valence electrons. The molecule has 0 saturated heterocycles. The Kier molecular flexibility index (Phi) is 6.93. The van der Waals surface area contributed by atoms with Gasteiger partial charge in [0.25, 0.3) is 5.91 Å². The molecule has 0 bridgehead atoms. The molecule has 3 aromatic rings. The van der Waals surface area contributed by atoms with Gasteiger partial charge in [-0.25, -0.2) is 14.2 Å². The Labute approximate surface area is 181 Å². The van der Waals surface area contributed by atoms with Crippen molar-refractivity contribution < 1.29 is 28.2 Å². The first-order valence-corrected chi connectivity index (χ1v) is 9.91. The summed E-state index contributed by atoms with van der Waals surface area (Å²) in [6, 6.07) is 11.9. The standard InChI is InChI=1S/C21H18FN3O5S/c1-13(26)25(18-5-3-2-4-17(18)22)21-24-15(12-31-21)10-30-20(28)14-6-8-16(9-7-14)29-11-19(23)27/h2-9,12H,10-11H2,1H3,(H2,23,27). The second-order valence-electron chi connectivity index (χ2n) is 6.28. The van der Waals surface area contributed by atoms with E-state index in [0.717, 1.165) is 16.2 Å². The van der Waals surface area contributed by atoms with Crippen molar-refractivity contribution in [3.8, 4) is 5.75 Å². The second-order valence-corrected chi connectivity index (χ2v) is 7.12. The summed E-state index contributed by atoms with van der Waals surface area (Å²) in [5.74, 6) is -1.76. The van der Waals surface area contributed by atoms with Gasteiger partial charge in [0.05, 0.1) is 16.9 Å². The predicted molar refractivity (Wildman–Crippen MR) is 112 cm³/mol. The van der Waals surface area contributed by atoms with Crippen molar-refractivity contribution in [3.05, 3.63) is 71.0 Å². The minimum absolute atomic E-state index is 0.0894. The molecular weight excluding hydrogens is 425 g/mol. The minimum Gasteiger partial charge on any atom is -0.484 e. The summed E-state index contributed by atoms with van der Waals surface area (Å²) in [6.45, 7) is 0.919. The number of hydrogen-bond acceptors (Lipinski definition) is 7. The quantitative estimate of drug-likeness (QED) is 0.535. The molecule has 0 atom stereocenters. The Morgan fingerprint density at radius 2 is 1.84 bits per heavy atom. The highest BCUT2D eigenvalue weighted by Crippen LogP contribution is 2.30. The highest BCUT2D eigenvalue weighted by Gasteiger charge is 2.21. The molecule has 1 aromatic heterocycles. The van der Waals surface area contributed by atoms with E-state index in [1.807, 2.05) is 0 Å². The van der Waals surface area contributed by atoms with Crippen LogP contribution in [0.1, 0.15) is 23.0 Å². The maximum Gasteiger partial charge on any atom is 0.338 e. The van der Waals surface area contributed by atoms with Crippen LogP contribution in [0, 0.1) is 5.82 Å². The smallest absolute Gasteiger partial charge is 0.338 e. The van der Waals surface area contributed by atoms with Crippen molar-refractivity contribution in [3.63, 3.8) is 0 Å². The maximum absolute atomic E-state index is 14.1. The lowest BCUT2D eigenvalue weighted by atomic mass is 10.2. The summed E-state index contributed by atoms with van der Waals surface area (Å²) in [5, 5.41) is 1.89. The van der Waals surface area contributed by atoms with Crippen LogP contribution in [0.2, 0.25) is 0 Å². The number of carbonyl (C=O) groups is 3. The number of primary amides is 1. The van der Waals surface area contributed by atoms with Crippen LogP contribution in [-0.2, 0) is 20.9 Å². The van der Waals surface area contributed by atoms with E-state index < -0.39 is 23.6 Å². The number of nitrogens with two attached hydrogens (primary N) is 1. The number of aromatic nitrogens is 1. The molecule has 0 aliphatic heterocycles. The zero-order valence-electron chi connectivity index (χ0n) is 16.4. The number of hydrogen-bond donors (Lipinski definition) is 1. The van der Waals surface area contributed by atoms with Gasteiger partial charge in [-0.2, -0.15) is 0 Å². The molecule has 2 N–H and O–H groups in total. The van der Waals surface area contributed by atoms with E-state index in [1.165, 1.54) is 49.4 Å². The van der Waals surface area contributed by atoms with Crippen molar-refractivity contribution in [1.82, 2.24) is 4.98 Å². The summed E-state index contributed by atoms with van der Waals surface area (Å²) < 4.78 is 24.5. The van der Waals surface area contributed by atoms with Crippen LogP contribution in [0.4, 0.5) is 15.2 Å². The van der Waals surface area contributed by atoms with Crippen LogP contribution in [0.25, 0.3) is 0 Å². The molecule has 1 heterocycles. The summed E-state index contributed by atoms with van der Waals surface area (Å²) >= 11 is 1.13. The van der Waals surface area contributed by atoms with Crippen LogP contribution < -0.4 is 15.4 Å². The summed E-state index contributed by atoms with van der Waals surface area (Å²) in [7, 11) is 0. The first-order chi connectivity index (χ1) is 14.8. The molecule has 0 unspecified atom stereocenters. The van der Waals surface area contributed by atoms with Gasteiger partial charge in [-0.05, 0) is 36.4 Å². The number of rotatable bonds is 8. The van der Waals surface area contributed by atoms with E-state index in [9.17, 15) is 18.8 Å². The number of carbonyl (C=O) groups excluding carboxylic acids is 3. The van der Waals surface area contributed by atoms with Crippen molar-refractivity contribution in [2.45, 2.75) is 13.5 Å². The fourth-order valence-electron chi connectivity index (χ4n) is 2.57. The number of benzene rings is 2. The SMILES string of the molecule is CC(=O)N(c1nc(COC(=O)c2ccc(OCC(N)=O)cc2)cs1)c1ccccc1F. The van der Waals surface area contributed by atoms with E-state index in [0.29, 0.717) is 11.4 Å². The summed E-state index contributed by atoms with van der Waals surface area (Å²) in [5.41, 5.74) is 5.79. The van der Waals surface area contributed by atoms with Gasteiger partial charge < -0.3 is 15.2 Å². The van der Waals surface area contributed by atoms with Gasteiger partial charge in [0, 0.05) is 12.3 Å². The van der Waals surface area contributed by atoms with Crippen molar-refractivity contribution >= 4 is 39.9 Å². The fraction of sp³-hybridized carbons (Fsp3) is 0.143. The summed E-state index contributed by atoms with van der Waals surface area (Å²) in [6.07, 6.45) is 0. The Hall–Kier alpha value is -3.79. The highest BCUT2D eigenvalue weighted by atomic mass is 32.1. The Morgan fingerprint density at radius 3 is 2.48 bits per heavy atom. The van der Waals surface area contributed by atoms with E-state index in [-0.39, 0.29) is 29.6 Å². The van der Waals surface area contributed by atoms with Crippen molar-refractivity contribution in [2.75, 3.05) is 11.5 Å². The largest absolute Gasteiger partial charge is 0.484 e. The van der Waals surface area contributed by atoms with Crippen LogP contribution >= 0.6 is 11.3 Å². The molecule has 2 aromatic carbocycles. The molecule has 10 heteroatoms. The normalized spacial score (nSPS) is 10.4. The van der Waals surface area contributed by atoms with Gasteiger partial charge in [-0.3, -0.25) is 14.5 Å². The average Bonchev–Trinajstić information content (AvgIpc) is 3.20. The molecule has 0 fully saturated rings. The molecule has 3 rings (SSSR count). The number of esters is 1. The van der Waals surface area contributed by atoms with Crippen molar-refractivity contribution in [2.24, 2.45) is 5.73 Å². The van der Waals surface area contributed by atoms with Crippen LogP contribution in [0.5, 0.6) is 5.75 Å². The predicted octanol–water partition coefficient (Wildman–Crippen LogP) is 3.19. The number of anilines is 2. The first kappa shape index (κ1) is 21.9. The lowest BCUT2D eigenvalue weighted by Gasteiger charge is -2.18. The topological polar surface area (TPSA) is 112 Å².